The molecule has 0 spiro atoms. The second-order valence-electron chi connectivity index (χ2n) is 4.83. The van der Waals surface area contributed by atoms with Gasteiger partial charge in [0.25, 0.3) is 0 Å². The molecule has 0 bridgehead atoms. The van der Waals surface area contributed by atoms with Crippen molar-refractivity contribution in [1.82, 2.24) is 14.5 Å². The van der Waals surface area contributed by atoms with Gasteiger partial charge in [0.1, 0.15) is 5.82 Å². The van der Waals surface area contributed by atoms with E-state index in [4.69, 9.17) is 11.6 Å². The van der Waals surface area contributed by atoms with E-state index in [1.54, 1.807) is 0 Å². The molecular formula is C13H22ClN3. The van der Waals surface area contributed by atoms with Crippen LogP contribution in [-0.2, 0) is 6.54 Å². The van der Waals surface area contributed by atoms with Crippen molar-refractivity contribution >= 4 is 11.6 Å². The first-order valence-corrected chi connectivity index (χ1v) is 7.12. The monoisotopic (exact) mass is 255 g/mol. The number of alkyl halides is 1. The van der Waals surface area contributed by atoms with Gasteiger partial charge >= 0.3 is 0 Å². The minimum absolute atomic E-state index is 0.736. The van der Waals surface area contributed by atoms with Gasteiger partial charge in [-0.15, -0.1) is 11.6 Å². The molecule has 17 heavy (non-hydrogen) atoms. The quantitative estimate of drug-likeness (QED) is 0.729. The molecule has 1 aromatic rings. The van der Waals surface area contributed by atoms with Crippen LogP contribution in [0.2, 0.25) is 0 Å². The maximum atomic E-state index is 5.91. The molecule has 4 heteroatoms. The molecule has 0 aliphatic heterocycles. The lowest BCUT2D eigenvalue weighted by Crippen LogP contribution is -2.37. The van der Waals surface area contributed by atoms with Gasteiger partial charge in [0, 0.05) is 43.9 Å². The van der Waals surface area contributed by atoms with Crippen LogP contribution in [0.15, 0.2) is 12.4 Å². The van der Waals surface area contributed by atoms with Crippen LogP contribution >= 0.6 is 11.6 Å². The zero-order chi connectivity index (χ0) is 12.1. The molecule has 1 saturated carbocycles. The first-order chi connectivity index (χ1) is 8.31. The third kappa shape index (κ3) is 3.46. The Labute approximate surface area is 109 Å². The lowest BCUT2D eigenvalue weighted by molar-refractivity contribution is 0.202. The normalized spacial score (nSPS) is 17.1. The third-order valence-electron chi connectivity index (χ3n) is 3.76. The van der Waals surface area contributed by atoms with Crippen molar-refractivity contribution in [3.63, 3.8) is 0 Å². The molecule has 1 aliphatic rings. The highest BCUT2D eigenvalue weighted by atomic mass is 35.5. The summed E-state index contributed by atoms with van der Waals surface area (Å²) in [4.78, 5) is 6.81. The second kappa shape index (κ2) is 6.41. The Bertz CT molecular complexity index is 331. The van der Waals surface area contributed by atoms with Crippen LogP contribution in [0.25, 0.3) is 0 Å². The largest absolute Gasteiger partial charge is 0.334 e. The Morgan fingerprint density at radius 1 is 1.41 bits per heavy atom. The first kappa shape index (κ1) is 12.9. The minimum Gasteiger partial charge on any atom is -0.334 e. The Morgan fingerprint density at radius 2 is 2.18 bits per heavy atom. The Kier molecular flexibility index (Phi) is 4.86. The standard InChI is InChI=1S/C13H22ClN3/c1-12-15-7-9-16(12)10-11-17(8-6-14)13-4-2-3-5-13/h7,9,13H,2-6,8,10-11H2,1H3. The Hall–Kier alpha value is -0.540. The lowest BCUT2D eigenvalue weighted by Gasteiger charge is -2.28. The van der Waals surface area contributed by atoms with Crippen molar-refractivity contribution < 1.29 is 0 Å². The first-order valence-electron chi connectivity index (χ1n) is 6.59. The van der Waals surface area contributed by atoms with Crippen molar-refractivity contribution in [3.8, 4) is 0 Å². The fourth-order valence-electron chi connectivity index (χ4n) is 2.73. The SMILES string of the molecule is Cc1nccn1CCN(CCCl)C1CCCC1. The molecule has 2 rings (SSSR count). The molecular weight excluding hydrogens is 234 g/mol. The number of hydrogen-bond donors (Lipinski definition) is 0. The van der Waals surface area contributed by atoms with Gasteiger partial charge in [-0.1, -0.05) is 12.8 Å². The molecule has 1 aliphatic carbocycles. The average Bonchev–Trinajstić information content (AvgIpc) is 2.96. The molecule has 0 N–H and O–H groups in total. The van der Waals surface area contributed by atoms with Crippen molar-refractivity contribution in [1.29, 1.82) is 0 Å². The summed E-state index contributed by atoms with van der Waals surface area (Å²) < 4.78 is 2.22. The van der Waals surface area contributed by atoms with Gasteiger partial charge in [-0.2, -0.15) is 0 Å². The summed E-state index contributed by atoms with van der Waals surface area (Å²) in [7, 11) is 0. The predicted octanol–water partition coefficient (Wildman–Crippen LogP) is 2.67. The van der Waals surface area contributed by atoms with Crippen molar-refractivity contribution in [3.05, 3.63) is 18.2 Å². The fraction of sp³-hybridized carbons (Fsp3) is 0.769. The third-order valence-corrected chi connectivity index (χ3v) is 3.93. The molecule has 1 heterocycles. The van der Waals surface area contributed by atoms with Crippen LogP contribution in [0.1, 0.15) is 31.5 Å². The number of aryl methyl sites for hydroxylation is 1. The van der Waals surface area contributed by atoms with Crippen molar-refractivity contribution in [2.75, 3.05) is 19.0 Å². The van der Waals surface area contributed by atoms with E-state index >= 15 is 0 Å². The van der Waals surface area contributed by atoms with Gasteiger partial charge < -0.3 is 4.57 Å². The van der Waals surface area contributed by atoms with Crippen LogP contribution < -0.4 is 0 Å². The minimum atomic E-state index is 0.736. The molecule has 1 fully saturated rings. The topological polar surface area (TPSA) is 21.1 Å². The number of imidazole rings is 1. The molecule has 0 radical (unpaired) electrons. The summed E-state index contributed by atoms with van der Waals surface area (Å²) in [5.74, 6) is 1.83. The molecule has 0 atom stereocenters. The highest BCUT2D eigenvalue weighted by molar-refractivity contribution is 6.18. The van der Waals surface area contributed by atoms with E-state index in [2.05, 4.69) is 27.6 Å². The van der Waals surface area contributed by atoms with Crippen molar-refractivity contribution in [2.24, 2.45) is 0 Å². The average molecular weight is 256 g/mol. The summed E-state index contributed by atoms with van der Waals surface area (Å²) in [6.07, 6.45) is 9.39. The number of halogens is 1. The van der Waals surface area contributed by atoms with Gasteiger partial charge in [0.15, 0.2) is 0 Å². The number of hydrogen-bond acceptors (Lipinski definition) is 2. The lowest BCUT2D eigenvalue weighted by atomic mass is 10.2. The molecule has 0 unspecified atom stereocenters. The molecule has 3 nitrogen and oxygen atoms in total. The molecule has 0 aromatic carbocycles. The molecule has 0 saturated heterocycles. The van der Waals surface area contributed by atoms with E-state index in [1.807, 2.05) is 6.20 Å². The van der Waals surface area contributed by atoms with Gasteiger partial charge in [-0.05, 0) is 19.8 Å². The maximum Gasteiger partial charge on any atom is 0.105 e. The van der Waals surface area contributed by atoms with E-state index in [0.717, 1.165) is 37.4 Å². The van der Waals surface area contributed by atoms with E-state index in [9.17, 15) is 0 Å². The molecule has 1 aromatic heterocycles. The maximum absolute atomic E-state index is 5.91. The van der Waals surface area contributed by atoms with E-state index in [0.29, 0.717) is 0 Å². The smallest absolute Gasteiger partial charge is 0.105 e. The van der Waals surface area contributed by atoms with Crippen LogP contribution in [0.5, 0.6) is 0 Å². The summed E-state index contributed by atoms with van der Waals surface area (Å²) in [6.45, 7) is 5.19. The van der Waals surface area contributed by atoms with Crippen molar-refractivity contribution in [2.45, 2.75) is 45.2 Å². The van der Waals surface area contributed by atoms with Crippen LogP contribution in [-0.4, -0.2) is 39.5 Å². The summed E-state index contributed by atoms with van der Waals surface area (Å²) in [5.41, 5.74) is 0. The van der Waals surface area contributed by atoms with Crippen LogP contribution in [0.3, 0.4) is 0 Å². The van der Waals surface area contributed by atoms with Gasteiger partial charge in [-0.25, -0.2) is 4.98 Å². The highest BCUT2D eigenvalue weighted by Gasteiger charge is 2.21. The number of aromatic nitrogens is 2. The molecule has 96 valence electrons. The summed E-state index contributed by atoms with van der Waals surface area (Å²) in [5, 5.41) is 0. The Morgan fingerprint density at radius 3 is 2.76 bits per heavy atom. The predicted molar refractivity (Wildman–Crippen MR) is 71.5 cm³/mol. The van der Waals surface area contributed by atoms with E-state index in [-0.39, 0.29) is 0 Å². The zero-order valence-corrected chi connectivity index (χ0v) is 11.4. The molecule has 0 amide bonds. The highest BCUT2D eigenvalue weighted by Crippen LogP contribution is 2.23. The van der Waals surface area contributed by atoms with Gasteiger partial charge in [-0.3, -0.25) is 4.90 Å². The number of rotatable bonds is 6. The fourth-order valence-corrected chi connectivity index (χ4v) is 2.95. The summed E-state index contributed by atoms with van der Waals surface area (Å²) >= 11 is 5.91. The summed E-state index contributed by atoms with van der Waals surface area (Å²) in [6, 6.07) is 0.762. The van der Waals surface area contributed by atoms with Gasteiger partial charge in [0.05, 0.1) is 0 Å². The van der Waals surface area contributed by atoms with Gasteiger partial charge in [0.2, 0.25) is 0 Å². The second-order valence-corrected chi connectivity index (χ2v) is 5.21. The van der Waals surface area contributed by atoms with Crippen LogP contribution in [0.4, 0.5) is 0 Å². The van der Waals surface area contributed by atoms with Crippen LogP contribution in [0, 0.1) is 6.92 Å². The Balaban J connectivity index is 1.86. The number of nitrogens with zero attached hydrogens (tertiary/aromatic N) is 3. The zero-order valence-electron chi connectivity index (χ0n) is 10.6. The van der Waals surface area contributed by atoms with E-state index < -0.39 is 0 Å². The van der Waals surface area contributed by atoms with E-state index in [1.165, 1.54) is 25.7 Å².